The number of hydrogen-bond donors (Lipinski definition) is 2. The average Bonchev–Trinajstić information content (AvgIpc) is 3.25. The van der Waals surface area contributed by atoms with Crippen LogP contribution in [0.3, 0.4) is 0 Å². The molecular weight excluding hydrogens is 254 g/mol. The Bertz CT molecular complexity index is 436. The normalized spacial score (nSPS) is 16.4. The van der Waals surface area contributed by atoms with Gasteiger partial charge in [-0.2, -0.15) is 0 Å². The number of rotatable bonds is 8. The quantitative estimate of drug-likeness (QED) is 0.751. The number of nitrogens with zero attached hydrogens (tertiary/aromatic N) is 3. The van der Waals surface area contributed by atoms with E-state index < -0.39 is 0 Å². The van der Waals surface area contributed by atoms with Crippen molar-refractivity contribution in [3.63, 3.8) is 0 Å². The zero-order valence-electron chi connectivity index (χ0n) is 12.6. The van der Waals surface area contributed by atoms with Crippen molar-refractivity contribution in [2.75, 3.05) is 31.2 Å². The number of aromatic nitrogens is 2. The number of nitrogen functional groups attached to an aromatic ring is 1. The van der Waals surface area contributed by atoms with Gasteiger partial charge in [0, 0.05) is 31.3 Å². The Morgan fingerprint density at radius 2 is 2.25 bits per heavy atom. The summed E-state index contributed by atoms with van der Waals surface area (Å²) < 4.78 is 5.32. The first-order chi connectivity index (χ1) is 9.60. The minimum Gasteiger partial charge on any atom is -0.384 e. The van der Waals surface area contributed by atoms with Crippen LogP contribution in [0, 0.1) is 0 Å². The first-order valence-corrected chi connectivity index (χ1v) is 7.27. The molecule has 1 atom stereocenters. The van der Waals surface area contributed by atoms with Gasteiger partial charge < -0.3 is 15.8 Å². The summed E-state index contributed by atoms with van der Waals surface area (Å²) in [6.07, 6.45) is 2.64. The van der Waals surface area contributed by atoms with Crippen LogP contribution >= 0.6 is 0 Å². The maximum absolute atomic E-state index is 5.80. The third-order valence-corrected chi connectivity index (χ3v) is 3.62. The van der Waals surface area contributed by atoms with Gasteiger partial charge in [0.1, 0.15) is 18.2 Å². The van der Waals surface area contributed by atoms with Crippen LogP contribution in [-0.4, -0.2) is 47.2 Å². The Labute approximate surface area is 120 Å². The molecule has 1 aliphatic rings. The summed E-state index contributed by atoms with van der Waals surface area (Å²) in [4.78, 5) is 11.0. The highest BCUT2D eigenvalue weighted by atomic mass is 16.5. The summed E-state index contributed by atoms with van der Waals surface area (Å²) in [5.74, 6) is 1.86. The van der Waals surface area contributed by atoms with Crippen LogP contribution in [-0.2, 0) is 11.3 Å². The van der Waals surface area contributed by atoms with Crippen molar-refractivity contribution in [1.29, 1.82) is 0 Å². The van der Waals surface area contributed by atoms with Crippen LogP contribution in [0.4, 0.5) is 11.6 Å². The third kappa shape index (κ3) is 4.31. The number of anilines is 2. The lowest BCUT2D eigenvalue weighted by Gasteiger charge is -2.24. The molecule has 0 spiro atoms. The van der Waals surface area contributed by atoms with Gasteiger partial charge in [-0.05, 0) is 33.7 Å². The average molecular weight is 279 g/mol. The van der Waals surface area contributed by atoms with Gasteiger partial charge in [-0.3, -0.25) is 4.90 Å². The van der Waals surface area contributed by atoms with Crippen LogP contribution in [0.1, 0.15) is 32.5 Å². The molecule has 0 amide bonds. The van der Waals surface area contributed by atoms with E-state index in [0.29, 0.717) is 30.9 Å². The summed E-state index contributed by atoms with van der Waals surface area (Å²) >= 11 is 0. The molecule has 0 radical (unpaired) electrons. The largest absolute Gasteiger partial charge is 0.384 e. The molecule has 6 heteroatoms. The summed E-state index contributed by atoms with van der Waals surface area (Å²) in [7, 11) is 2.18. The fourth-order valence-electron chi connectivity index (χ4n) is 2.10. The molecule has 0 bridgehead atoms. The Morgan fingerprint density at radius 3 is 2.90 bits per heavy atom. The van der Waals surface area contributed by atoms with Crippen molar-refractivity contribution in [1.82, 2.24) is 14.9 Å². The lowest BCUT2D eigenvalue weighted by Crippen LogP contribution is -2.36. The van der Waals surface area contributed by atoms with Gasteiger partial charge >= 0.3 is 0 Å². The molecule has 6 nitrogen and oxygen atoms in total. The van der Waals surface area contributed by atoms with Gasteiger partial charge in [-0.25, -0.2) is 9.97 Å². The molecule has 20 heavy (non-hydrogen) atoms. The topological polar surface area (TPSA) is 76.3 Å². The summed E-state index contributed by atoms with van der Waals surface area (Å²) in [6, 6.07) is 2.99. The maximum atomic E-state index is 5.80. The Morgan fingerprint density at radius 1 is 1.50 bits per heavy atom. The van der Waals surface area contributed by atoms with Crippen LogP contribution in [0.5, 0.6) is 0 Å². The summed E-state index contributed by atoms with van der Waals surface area (Å²) in [5, 5.41) is 3.34. The third-order valence-electron chi connectivity index (χ3n) is 3.62. The van der Waals surface area contributed by atoms with Crippen molar-refractivity contribution in [3.05, 3.63) is 11.9 Å². The Kier molecular flexibility index (Phi) is 5.14. The molecule has 1 aromatic heterocycles. The van der Waals surface area contributed by atoms with E-state index in [1.54, 1.807) is 6.07 Å². The Balaban J connectivity index is 1.89. The predicted molar refractivity (Wildman–Crippen MR) is 80.5 cm³/mol. The van der Waals surface area contributed by atoms with E-state index in [9.17, 15) is 0 Å². The van der Waals surface area contributed by atoms with Crippen LogP contribution in [0.2, 0.25) is 0 Å². The van der Waals surface area contributed by atoms with Crippen molar-refractivity contribution in [2.24, 2.45) is 0 Å². The van der Waals surface area contributed by atoms with E-state index >= 15 is 0 Å². The molecular formula is C14H25N5O. The monoisotopic (exact) mass is 279 g/mol. The van der Waals surface area contributed by atoms with E-state index in [1.165, 1.54) is 12.8 Å². The molecule has 0 saturated heterocycles. The molecule has 3 N–H and O–H groups in total. The Hall–Kier alpha value is -1.40. The van der Waals surface area contributed by atoms with Crippen molar-refractivity contribution in [2.45, 2.75) is 45.4 Å². The smallest absolute Gasteiger partial charge is 0.158 e. The summed E-state index contributed by atoms with van der Waals surface area (Å²) in [5.41, 5.74) is 5.80. The highest BCUT2D eigenvalue weighted by molar-refractivity contribution is 5.44. The fraction of sp³-hybridized carbons (Fsp3) is 0.714. The second kappa shape index (κ2) is 6.85. The molecule has 1 unspecified atom stereocenters. The van der Waals surface area contributed by atoms with E-state index in [1.807, 2.05) is 6.92 Å². The van der Waals surface area contributed by atoms with Gasteiger partial charge in [0.2, 0.25) is 0 Å². The molecule has 1 aliphatic carbocycles. The minimum atomic E-state index is 0.397. The number of nitrogens with two attached hydrogens (primary N) is 1. The van der Waals surface area contributed by atoms with Crippen molar-refractivity contribution < 1.29 is 4.74 Å². The molecule has 0 aliphatic heterocycles. The number of hydrogen-bond acceptors (Lipinski definition) is 6. The van der Waals surface area contributed by atoms with Crippen molar-refractivity contribution >= 4 is 11.6 Å². The minimum absolute atomic E-state index is 0.397. The maximum Gasteiger partial charge on any atom is 0.158 e. The van der Waals surface area contributed by atoms with Crippen LogP contribution in [0.15, 0.2) is 6.07 Å². The molecule has 1 fully saturated rings. The van der Waals surface area contributed by atoms with Gasteiger partial charge in [0.25, 0.3) is 0 Å². The first kappa shape index (κ1) is 15.0. The predicted octanol–water partition coefficient (Wildman–Crippen LogP) is 1.49. The SMILES string of the molecule is CCOCc1nc(N)cc(NCC(C)N(C)C2CC2)n1. The number of nitrogens with one attached hydrogen (secondary N) is 1. The lowest BCUT2D eigenvalue weighted by atomic mass is 10.3. The van der Waals surface area contributed by atoms with E-state index in [2.05, 4.69) is 34.2 Å². The molecule has 2 rings (SSSR count). The van der Waals surface area contributed by atoms with Gasteiger partial charge in [-0.1, -0.05) is 0 Å². The molecule has 1 aromatic rings. The molecule has 0 aromatic carbocycles. The molecule has 112 valence electrons. The molecule has 1 heterocycles. The highest BCUT2D eigenvalue weighted by Crippen LogP contribution is 2.26. The standard InChI is InChI=1S/C14H25N5O/c1-4-20-9-14-17-12(15)7-13(18-14)16-8-10(2)19(3)11-5-6-11/h7,10-11H,4-6,8-9H2,1-3H3,(H3,15,16,17,18). The second-order valence-corrected chi connectivity index (χ2v) is 5.36. The molecule has 1 saturated carbocycles. The van der Waals surface area contributed by atoms with Gasteiger partial charge in [0.15, 0.2) is 5.82 Å². The summed E-state index contributed by atoms with van der Waals surface area (Å²) in [6.45, 7) is 6.05. The fourth-order valence-corrected chi connectivity index (χ4v) is 2.10. The highest BCUT2D eigenvalue weighted by Gasteiger charge is 2.28. The van der Waals surface area contributed by atoms with Crippen LogP contribution in [0.25, 0.3) is 0 Å². The number of ether oxygens (including phenoxy) is 1. The van der Waals surface area contributed by atoms with Gasteiger partial charge in [0.05, 0.1) is 0 Å². The number of likely N-dealkylation sites (N-methyl/N-ethyl adjacent to an activating group) is 1. The van der Waals surface area contributed by atoms with Crippen molar-refractivity contribution in [3.8, 4) is 0 Å². The van der Waals surface area contributed by atoms with Gasteiger partial charge in [-0.15, -0.1) is 0 Å². The zero-order chi connectivity index (χ0) is 14.5. The van der Waals surface area contributed by atoms with E-state index in [4.69, 9.17) is 10.5 Å². The first-order valence-electron chi connectivity index (χ1n) is 7.27. The second-order valence-electron chi connectivity index (χ2n) is 5.36. The lowest BCUT2D eigenvalue weighted by molar-refractivity contribution is 0.128. The van der Waals surface area contributed by atoms with E-state index in [0.717, 1.165) is 18.4 Å². The van der Waals surface area contributed by atoms with E-state index in [-0.39, 0.29) is 0 Å². The zero-order valence-corrected chi connectivity index (χ0v) is 12.6. The van der Waals surface area contributed by atoms with Crippen LogP contribution < -0.4 is 11.1 Å².